The second kappa shape index (κ2) is 18.3. The van der Waals surface area contributed by atoms with E-state index in [9.17, 15) is 84.7 Å². The number of hydrazine groups is 1. The molecule has 1 amide bonds. The van der Waals surface area contributed by atoms with Gasteiger partial charge in [0.15, 0.2) is 11.5 Å². The number of aryl methyl sites for hydroxylation is 1. The summed E-state index contributed by atoms with van der Waals surface area (Å²) < 4.78 is 176. The van der Waals surface area contributed by atoms with Crippen LogP contribution in [0.2, 0.25) is 0 Å². The monoisotopic (exact) mass is 1080 g/mol. The number of phenols is 1. The van der Waals surface area contributed by atoms with Crippen LogP contribution in [0.3, 0.4) is 0 Å². The Balaban J connectivity index is 1.18. The van der Waals surface area contributed by atoms with Crippen molar-refractivity contribution in [2.45, 2.75) is 37.4 Å². The zero-order valence-corrected chi connectivity index (χ0v) is 39.4. The van der Waals surface area contributed by atoms with Crippen LogP contribution in [-0.2, 0) is 60.2 Å². The third kappa shape index (κ3) is 10.6. The molecule has 0 spiro atoms. The fourth-order valence-corrected chi connectivity index (χ4v) is 9.97. The van der Waals surface area contributed by atoms with E-state index in [2.05, 4.69) is 36.4 Å². The number of methoxy groups -OCH3 is 1. The lowest BCUT2D eigenvalue weighted by molar-refractivity contribution is -0.130. The summed E-state index contributed by atoms with van der Waals surface area (Å²) in [4.78, 5) is 20.4. The minimum absolute atomic E-state index is 0.0864. The number of azo groups is 2. The number of carbonyl (C=O) groups excluding carboxylic acids is 1. The number of phenolic OH excluding ortho intramolecular Hbond substituents is 1. The van der Waals surface area contributed by atoms with Gasteiger partial charge in [-0.25, -0.2) is 4.79 Å². The van der Waals surface area contributed by atoms with Crippen molar-refractivity contribution in [2.24, 2.45) is 25.6 Å². The molecule has 71 heavy (non-hydrogen) atoms. The first-order chi connectivity index (χ1) is 32.9. The summed E-state index contributed by atoms with van der Waals surface area (Å²) in [6.45, 7) is 1.49. The van der Waals surface area contributed by atoms with Crippen LogP contribution >= 0.6 is 0 Å². The summed E-state index contributed by atoms with van der Waals surface area (Å²) in [6, 6.07) is 11.9. The van der Waals surface area contributed by atoms with Crippen molar-refractivity contribution in [2.75, 3.05) is 23.0 Å². The zero-order valence-electron chi connectivity index (χ0n) is 35.3. The number of carboxylic acids is 1. The van der Waals surface area contributed by atoms with E-state index in [4.69, 9.17) is 4.74 Å². The molecule has 0 bridgehead atoms. The molecular formula is C38H30N8O20S5. The smallest absolute Gasteiger partial charge is 0.355 e. The lowest BCUT2D eigenvalue weighted by Gasteiger charge is -2.17. The summed E-state index contributed by atoms with van der Waals surface area (Å²) >= 11 is 0. The maximum atomic E-state index is 13.2. The maximum Gasteiger partial charge on any atom is 0.355 e. The molecule has 1 unspecified atom stereocenters. The highest BCUT2D eigenvalue weighted by atomic mass is 32.2. The first-order valence-electron chi connectivity index (χ1n) is 18.9. The Morgan fingerprint density at radius 1 is 0.662 bits per heavy atom. The zero-order chi connectivity index (χ0) is 52.3. The molecule has 1 aliphatic heterocycles. The Hall–Kier alpha value is -7.60. The van der Waals surface area contributed by atoms with Gasteiger partial charge in [-0.2, -0.15) is 62.4 Å². The van der Waals surface area contributed by atoms with Gasteiger partial charge in [-0.3, -0.25) is 27.6 Å². The number of aliphatic carboxylic acids is 1. The third-order valence-corrected chi connectivity index (χ3v) is 14.4. The highest BCUT2D eigenvalue weighted by Gasteiger charge is 2.41. The van der Waals surface area contributed by atoms with Gasteiger partial charge < -0.3 is 25.8 Å². The minimum atomic E-state index is -5.30. The van der Waals surface area contributed by atoms with E-state index in [1.165, 1.54) is 38.3 Å². The van der Waals surface area contributed by atoms with Gasteiger partial charge in [-0.15, -0.1) is 10.2 Å². The summed E-state index contributed by atoms with van der Waals surface area (Å²) in [6.07, 6.45) is 0. The Kier molecular flexibility index (Phi) is 13.2. The standard InChI is InChI=1S/C38H30N8O20S5/c1-17-9-28(29(66-2)16-27(17)41-40-20-12-25-26(30(13-20)69(57,58)59)14-23(68(54,55)56)15-31(25)70(60,61)62)42-43-33-32(71(63,64)65)11-18-10-19(3-8-24(18)36(33)47)39-44-34-35(38(49)50)45-46(37(34)48)21-4-6-22(7-5-21)67(51,52)53/h3-16,34,40-41,47H,1-2H3,(H,49,50)(H,51,52,53)(H,54,55,56)(H,57,58,59)(H,60,61,62)(H,63,64,65). The first-order valence-corrected chi connectivity index (χ1v) is 26.1. The quantitative estimate of drug-likeness (QED) is 0.0369. The number of nitrogens with one attached hydrogen (secondary N) is 2. The van der Waals surface area contributed by atoms with E-state index in [-0.39, 0.29) is 45.0 Å². The van der Waals surface area contributed by atoms with Crippen molar-refractivity contribution in [3.8, 4) is 11.5 Å². The topological polar surface area (TPSA) is 445 Å². The number of rotatable bonds is 15. The van der Waals surface area contributed by atoms with Crippen LogP contribution in [-0.4, -0.2) is 106 Å². The number of nitrogens with zero attached hydrogens (tertiary/aromatic N) is 6. The number of carbonyl (C=O) groups is 2. The second-order valence-electron chi connectivity index (χ2n) is 14.7. The van der Waals surface area contributed by atoms with E-state index in [0.29, 0.717) is 22.7 Å². The van der Waals surface area contributed by atoms with E-state index < -0.39 is 121 Å². The van der Waals surface area contributed by atoms with E-state index >= 15 is 0 Å². The predicted octanol–water partition coefficient (Wildman–Crippen LogP) is 5.04. The number of amides is 1. The third-order valence-electron chi connectivity index (χ3n) is 10.1. The van der Waals surface area contributed by atoms with Crippen LogP contribution in [0.15, 0.2) is 135 Å². The second-order valence-corrected chi connectivity index (χ2v) is 21.7. The largest absolute Gasteiger partial charge is 0.505 e. The summed E-state index contributed by atoms with van der Waals surface area (Å²) in [5, 5.41) is 39.5. The molecule has 7 rings (SSSR count). The van der Waals surface area contributed by atoms with E-state index in [1.54, 1.807) is 0 Å². The number of carboxylic acid groups (broad SMARTS) is 1. The van der Waals surface area contributed by atoms with Crippen molar-refractivity contribution >= 4 is 124 Å². The average molecular weight is 1080 g/mol. The van der Waals surface area contributed by atoms with Crippen LogP contribution in [0, 0.1) is 6.92 Å². The molecule has 1 atom stereocenters. The molecule has 6 aromatic rings. The van der Waals surface area contributed by atoms with E-state index in [1.807, 2.05) is 0 Å². The van der Waals surface area contributed by atoms with Crippen LogP contribution in [0.25, 0.3) is 21.5 Å². The van der Waals surface area contributed by atoms with Gasteiger partial charge in [0.25, 0.3) is 56.5 Å². The predicted molar refractivity (Wildman–Crippen MR) is 245 cm³/mol. The van der Waals surface area contributed by atoms with Gasteiger partial charge in [0.05, 0.1) is 39.7 Å². The van der Waals surface area contributed by atoms with Crippen LogP contribution in [0.1, 0.15) is 5.56 Å². The summed E-state index contributed by atoms with van der Waals surface area (Å²) in [7, 11) is -24.3. The van der Waals surface area contributed by atoms with Gasteiger partial charge in [0.1, 0.15) is 31.8 Å². The number of hydrazone groups is 1. The number of aromatic hydroxyl groups is 1. The highest BCUT2D eigenvalue weighted by Crippen LogP contribution is 2.44. The molecule has 0 aliphatic carbocycles. The molecular weight excluding hydrogens is 1050 g/mol. The molecule has 0 saturated heterocycles. The van der Waals surface area contributed by atoms with Gasteiger partial charge >= 0.3 is 5.97 Å². The summed E-state index contributed by atoms with van der Waals surface area (Å²) in [5.74, 6) is -3.61. The normalized spacial score (nSPS) is 15.0. The molecule has 9 N–H and O–H groups in total. The molecule has 6 aromatic carbocycles. The highest BCUT2D eigenvalue weighted by molar-refractivity contribution is 7.87. The van der Waals surface area contributed by atoms with Crippen LogP contribution in [0.4, 0.5) is 34.1 Å². The number of hydrogen-bond donors (Lipinski definition) is 9. The molecule has 1 heterocycles. The number of hydrogen-bond acceptors (Lipinski definition) is 21. The number of benzene rings is 6. The van der Waals surface area contributed by atoms with Crippen molar-refractivity contribution in [1.29, 1.82) is 0 Å². The lowest BCUT2D eigenvalue weighted by Crippen LogP contribution is -2.33. The van der Waals surface area contributed by atoms with Gasteiger partial charge in [0, 0.05) is 22.2 Å². The van der Waals surface area contributed by atoms with Crippen molar-refractivity contribution in [1.82, 2.24) is 0 Å². The number of ether oxygens (including phenoxy) is 1. The molecule has 372 valence electrons. The number of anilines is 3. The number of fused-ring (bicyclic) bond motifs is 2. The van der Waals surface area contributed by atoms with Crippen molar-refractivity contribution in [3.05, 3.63) is 90.5 Å². The van der Waals surface area contributed by atoms with Gasteiger partial charge in [-0.05, 0) is 96.7 Å². The Morgan fingerprint density at radius 2 is 1.27 bits per heavy atom. The average Bonchev–Trinajstić information content (AvgIpc) is 3.60. The van der Waals surface area contributed by atoms with Gasteiger partial charge in [0.2, 0.25) is 6.04 Å². The van der Waals surface area contributed by atoms with Crippen molar-refractivity contribution in [3.63, 3.8) is 0 Å². The Labute approximate surface area is 399 Å². The molecule has 0 fully saturated rings. The van der Waals surface area contributed by atoms with Crippen LogP contribution < -0.4 is 20.6 Å². The fraction of sp³-hybridized carbons (Fsp3) is 0.0789. The Bertz CT molecular complexity index is 3980. The minimum Gasteiger partial charge on any atom is -0.505 e. The molecule has 0 radical (unpaired) electrons. The van der Waals surface area contributed by atoms with E-state index in [0.717, 1.165) is 48.5 Å². The molecule has 1 aliphatic rings. The molecule has 28 nitrogen and oxygen atoms in total. The van der Waals surface area contributed by atoms with Crippen LogP contribution in [0.5, 0.6) is 11.5 Å². The SMILES string of the molecule is COc1cc(NNc2cc(S(=O)(=O)O)c3cc(S(=O)(=O)O)cc(S(=O)(=O)O)c3c2)c(C)cc1N=Nc1c(S(=O)(=O)O)cc2cc(N=NC3C(=O)N(c4ccc(S(=O)(=O)O)cc4)N=C3C(=O)O)ccc2c1O. The first kappa shape index (κ1) is 51.3. The Morgan fingerprint density at radius 3 is 1.85 bits per heavy atom. The molecule has 0 aromatic heterocycles. The molecule has 0 saturated carbocycles. The maximum absolute atomic E-state index is 13.2. The van der Waals surface area contributed by atoms with Crippen molar-refractivity contribution < 1.29 is 89.4 Å². The summed E-state index contributed by atoms with van der Waals surface area (Å²) in [5.41, 5.74) is 3.52. The van der Waals surface area contributed by atoms with Gasteiger partial charge in [-0.1, -0.05) is 0 Å². The lowest BCUT2D eigenvalue weighted by atomic mass is 10.1. The fourth-order valence-electron chi connectivity index (χ4n) is 6.78. The molecule has 33 heteroatoms.